The summed E-state index contributed by atoms with van der Waals surface area (Å²) in [7, 11) is 0. The van der Waals surface area contributed by atoms with E-state index in [1.54, 1.807) is 0 Å². The minimum atomic E-state index is -0.0903. The molecular formula is C16H21ClN2O. The topological polar surface area (TPSA) is 27.1 Å². The standard InChI is InChI=1S/C16H21ClN2O/c1-10-4-5-14-15(8-10)19(16(18-14)11(2)17)12(3)13-6-7-20-9-13/h4-5,8,11-13H,6-7,9H2,1-3H3. The summed E-state index contributed by atoms with van der Waals surface area (Å²) >= 11 is 6.36. The summed E-state index contributed by atoms with van der Waals surface area (Å²) in [5, 5.41) is -0.0903. The molecule has 0 radical (unpaired) electrons. The van der Waals surface area contributed by atoms with Crippen molar-refractivity contribution < 1.29 is 4.74 Å². The molecule has 0 bridgehead atoms. The van der Waals surface area contributed by atoms with E-state index in [4.69, 9.17) is 21.3 Å². The molecule has 1 aliphatic heterocycles. The number of hydrogen-bond acceptors (Lipinski definition) is 2. The van der Waals surface area contributed by atoms with Gasteiger partial charge in [-0.15, -0.1) is 11.6 Å². The molecule has 0 spiro atoms. The quantitative estimate of drug-likeness (QED) is 0.791. The van der Waals surface area contributed by atoms with Crippen molar-refractivity contribution >= 4 is 22.6 Å². The van der Waals surface area contributed by atoms with Gasteiger partial charge in [0.05, 0.1) is 23.0 Å². The van der Waals surface area contributed by atoms with Crippen LogP contribution in [0.5, 0.6) is 0 Å². The molecule has 3 rings (SSSR count). The summed E-state index contributed by atoms with van der Waals surface area (Å²) in [6.45, 7) is 8.06. The first-order chi connectivity index (χ1) is 9.58. The number of imidazole rings is 1. The fourth-order valence-corrected chi connectivity index (χ4v) is 3.23. The Kier molecular flexibility index (Phi) is 3.74. The Balaban J connectivity index is 2.14. The van der Waals surface area contributed by atoms with Gasteiger partial charge in [0.15, 0.2) is 0 Å². The number of rotatable bonds is 3. The van der Waals surface area contributed by atoms with Gasteiger partial charge in [0.1, 0.15) is 5.82 Å². The van der Waals surface area contributed by atoms with Gasteiger partial charge in [0, 0.05) is 18.6 Å². The third-order valence-electron chi connectivity index (χ3n) is 4.28. The number of nitrogens with zero attached hydrogens (tertiary/aromatic N) is 2. The van der Waals surface area contributed by atoms with Gasteiger partial charge >= 0.3 is 0 Å². The minimum absolute atomic E-state index is 0.0903. The van der Waals surface area contributed by atoms with Crippen LogP contribution in [-0.4, -0.2) is 22.8 Å². The van der Waals surface area contributed by atoms with Gasteiger partial charge in [-0.2, -0.15) is 0 Å². The van der Waals surface area contributed by atoms with Crippen molar-refractivity contribution in [1.82, 2.24) is 9.55 Å². The second-order valence-electron chi connectivity index (χ2n) is 5.81. The fourth-order valence-electron chi connectivity index (χ4n) is 3.07. The highest BCUT2D eigenvalue weighted by molar-refractivity contribution is 6.20. The molecule has 108 valence electrons. The Hall–Kier alpha value is -1.06. The normalized spacial score (nSPS) is 22.3. The van der Waals surface area contributed by atoms with E-state index < -0.39 is 0 Å². The third kappa shape index (κ3) is 2.33. The summed E-state index contributed by atoms with van der Waals surface area (Å²) in [6, 6.07) is 6.76. The highest BCUT2D eigenvalue weighted by atomic mass is 35.5. The molecule has 3 nitrogen and oxygen atoms in total. The Morgan fingerprint density at radius 2 is 2.20 bits per heavy atom. The van der Waals surface area contributed by atoms with Gasteiger partial charge in [0.2, 0.25) is 0 Å². The van der Waals surface area contributed by atoms with Gasteiger partial charge in [-0.3, -0.25) is 0 Å². The average Bonchev–Trinajstić information content (AvgIpc) is 3.04. The molecule has 2 aromatic rings. The van der Waals surface area contributed by atoms with Crippen LogP contribution in [0.4, 0.5) is 0 Å². The van der Waals surface area contributed by atoms with Gasteiger partial charge in [0.25, 0.3) is 0 Å². The lowest BCUT2D eigenvalue weighted by Crippen LogP contribution is -2.19. The van der Waals surface area contributed by atoms with Crippen molar-refractivity contribution in [2.75, 3.05) is 13.2 Å². The summed E-state index contributed by atoms with van der Waals surface area (Å²) in [4.78, 5) is 4.74. The zero-order chi connectivity index (χ0) is 14.3. The Morgan fingerprint density at radius 1 is 1.40 bits per heavy atom. The van der Waals surface area contributed by atoms with Crippen molar-refractivity contribution in [1.29, 1.82) is 0 Å². The van der Waals surface area contributed by atoms with E-state index in [0.717, 1.165) is 31.0 Å². The first-order valence-electron chi connectivity index (χ1n) is 7.28. The predicted molar refractivity (Wildman–Crippen MR) is 82.4 cm³/mol. The SMILES string of the molecule is Cc1ccc2nc(C(C)Cl)n(C(C)C3CCOC3)c2c1. The van der Waals surface area contributed by atoms with E-state index in [9.17, 15) is 0 Å². The van der Waals surface area contributed by atoms with Crippen molar-refractivity contribution in [2.45, 2.75) is 38.6 Å². The zero-order valence-corrected chi connectivity index (χ0v) is 13.0. The van der Waals surface area contributed by atoms with Crippen molar-refractivity contribution in [3.05, 3.63) is 29.6 Å². The lowest BCUT2D eigenvalue weighted by molar-refractivity contribution is 0.175. The van der Waals surface area contributed by atoms with E-state index in [1.807, 2.05) is 6.92 Å². The number of aromatic nitrogens is 2. The lowest BCUT2D eigenvalue weighted by atomic mass is 10.00. The summed E-state index contributed by atoms with van der Waals surface area (Å²) < 4.78 is 7.86. The van der Waals surface area contributed by atoms with Crippen LogP contribution in [0, 0.1) is 12.8 Å². The Morgan fingerprint density at radius 3 is 2.85 bits per heavy atom. The predicted octanol–water partition coefficient (Wildman–Crippen LogP) is 4.24. The number of fused-ring (bicyclic) bond motifs is 1. The van der Waals surface area contributed by atoms with E-state index >= 15 is 0 Å². The molecule has 3 atom stereocenters. The van der Waals surface area contributed by atoms with Crippen LogP contribution in [0.2, 0.25) is 0 Å². The largest absolute Gasteiger partial charge is 0.381 e. The van der Waals surface area contributed by atoms with Gasteiger partial charge in [-0.05, 0) is 44.9 Å². The van der Waals surface area contributed by atoms with Gasteiger partial charge in [-0.1, -0.05) is 6.07 Å². The van der Waals surface area contributed by atoms with Crippen molar-refractivity contribution in [2.24, 2.45) is 5.92 Å². The van der Waals surface area contributed by atoms with E-state index in [-0.39, 0.29) is 5.38 Å². The maximum Gasteiger partial charge on any atom is 0.127 e. The summed E-state index contributed by atoms with van der Waals surface area (Å²) in [5.74, 6) is 1.51. The van der Waals surface area contributed by atoms with Gasteiger partial charge in [-0.25, -0.2) is 4.98 Å². The average molecular weight is 293 g/mol. The molecule has 0 aliphatic carbocycles. The molecule has 20 heavy (non-hydrogen) atoms. The van der Waals surface area contributed by atoms with Crippen LogP contribution in [0.1, 0.15) is 43.1 Å². The number of ether oxygens (including phenoxy) is 1. The first-order valence-corrected chi connectivity index (χ1v) is 7.72. The molecule has 4 heteroatoms. The number of alkyl halides is 1. The number of halogens is 1. The molecular weight excluding hydrogens is 272 g/mol. The van der Waals surface area contributed by atoms with Crippen LogP contribution in [0.25, 0.3) is 11.0 Å². The monoisotopic (exact) mass is 292 g/mol. The Bertz CT molecular complexity index is 614. The second kappa shape index (κ2) is 5.38. The summed E-state index contributed by atoms with van der Waals surface area (Å²) in [6.07, 6.45) is 1.11. The maximum absolute atomic E-state index is 6.36. The molecule has 3 unspecified atom stereocenters. The molecule has 1 aromatic heterocycles. The number of aryl methyl sites for hydroxylation is 1. The maximum atomic E-state index is 6.36. The van der Waals surface area contributed by atoms with E-state index in [0.29, 0.717) is 12.0 Å². The molecule has 0 N–H and O–H groups in total. The third-order valence-corrected chi connectivity index (χ3v) is 4.48. The zero-order valence-electron chi connectivity index (χ0n) is 12.3. The minimum Gasteiger partial charge on any atom is -0.381 e. The summed E-state index contributed by atoms with van der Waals surface area (Å²) in [5.41, 5.74) is 3.47. The second-order valence-corrected chi connectivity index (χ2v) is 6.47. The molecule has 1 saturated heterocycles. The molecule has 2 heterocycles. The molecule has 1 fully saturated rings. The van der Waals surface area contributed by atoms with Crippen molar-refractivity contribution in [3.8, 4) is 0 Å². The molecule has 0 saturated carbocycles. The molecule has 1 aromatic carbocycles. The first kappa shape index (κ1) is 13.9. The smallest absolute Gasteiger partial charge is 0.127 e. The highest BCUT2D eigenvalue weighted by Crippen LogP contribution is 2.34. The van der Waals surface area contributed by atoms with Crippen LogP contribution in [0.15, 0.2) is 18.2 Å². The number of benzene rings is 1. The van der Waals surface area contributed by atoms with Crippen LogP contribution < -0.4 is 0 Å². The molecule has 0 amide bonds. The highest BCUT2D eigenvalue weighted by Gasteiger charge is 2.27. The van der Waals surface area contributed by atoms with Crippen LogP contribution in [-0.2, 0) is 4.74 Å². The Labute approximate surface area is 124 Å². The van der Waals surface area contributed by atoms with Gasteiger partial charge < -0.3 is 9.30 Å². The molecule has 1 aliphatic rings. The van der Waals surface area contributed by atoms with E-state index in [1.165, 1.54) is 11.1 Å². The van der Waals surface area contributed by atoms with Crippen molar-refractivity contribution in [3.63, 3.8) is 0 Å². The van der Waals surface area contributed by atoms with Crippen LogP contribution in [0.3, 0.4) is 0 Å². The number of hydrogen-bond donors (Lipinski definition) is 0. The lowest BCUT2D eigenvalue weighted by Gasteiger charge is -2.23. The van der Waals surface area contributed by atoms with E-state index in [2.05, 4.69) is 36.6 Å². The van der Waals surface area contributed by atoms with Crippen LogP contribution >= 0.6 is 11.6 Å². The fraction of sp³-hybridized carbons (Fsp3) is 0.562.